The minimum atomic E-state index is -0.881. The molecule has 1 aliphatic rings. The molecule has 0 aliphatic heterocycles. The van der Waals surface area contributed by atoms with E-state index < -0.39 is 11.4 Å². The van der Waals surface area contributed by atoms with E-state index >= 15 is 0 Å². The number of carboxylic acids is 1. The average molecular weight is 291 g/mol. The van der Waals surface area contributed by atoms with Gasteiger partial charge in [-0.15, -0.1) is 0 Å². The van der Waals surface area contributed by atoms with Crippen LogP contribution in [0.2, 0.25) is 0 Å². The predicted octanol–water partition coefficient (Wildman–Crippen LogP) is 1.58. The second-order valence-corrected chi connectivity index (χ2v) is 5.74. The number of aliphatic carboxylic acids is 1. The highest BCUT2D eigenvalue weighted by Crippen LogP contribution is 2.36. The third-order valence-electron chi connectivity index (χ3n) is 4.28. The first-order valence-electron chi connectivity index (χ1n) is 7.13. The van der Waals surface area contributed by atoms with E-state index in [-0.39, 0.29) is 11.9 Å². The van der Waals surface area contributed by atoms with E-state index in [1.807, 2.05) is 0 Å². The van der Waals surface area contributed by atoms with Gasteiger partial charge in [-0.3, -0.25) is 14.3 Å². The zero-order valence-electron chi connectivity index (χ0n) is 12.4. The number of hydrogen-bond donors (Lipinski definition) is 2. The lowest BCUT2D eigenvalue weighted by Gasteiger charge is -2.38. The normalized spacial score (nSPS) is 25.9. The van der Waals surface area contributed by atoms with Gasteiger partial charge in [-0.2, -0.15) is 5.10 Å². The van der Waals surface area contributed by atoms with Gasteiger partial charge in [0.05, 0.1) is 11.1 Å². The van der Waals surface area contributed by atoms with Crippen molar-refractivity contribution in [3.8, 4) is 0 Å². The van der Waals surface area contributed by atoms with Gasteiger partial charge in [-0.05, 0) is 31.9 Å². The molecule has 0 aromatic carbocycles. The zero-order valence-corrected chi connectivity index (χ0v) is 12.4. The van der Waals surface area contributed by atoms with Gasteiger partial charge in [0, 0.05) is 25.4 Å². The van der Waals surface area contributed by atoms with Crippen molar-refractivity contribution in [3.63, 3.8) is 0 Å². The molecule has 1 aliphatic carbocycles. The van der Waals surface area contributed by atoms with E-state index in [1.54, 1.807) is 37.0 Å². The molecule has 2 N–H and O–H groups in total. The van der Waals surface area contributed by atoms with Gasteiger partial charge >= 0.3 is 5.97 Å². The van der Waals surface area contributed by atoms with Crippen molar-refractivity contribution in [2.75, 3.05) is 0 Å². The minimum Gasteiger partial charge on any atom is -0.481 e. The maximum atomic E-state index is 12.0. The van der Waals surface area contributed by atoms with Crippen LogP contribution in [0.1, 0.15) is 38.3 Å². The van der Waals surface area contributed by atoms with Crippen LogP contribution >= 0.6 is 0 Å². The molecule has 0 bridgehead atoms. The van der Waals surface area contributed by atoms with Crippen LogP contribution in [0.25, 0.3) is 6.08 Å². The molecule has 2 atom stereocenters. The van der Waals surface area contributed by atoms with Gasteiger partial charge < -0.3 is 10.4 Å². The molecule has 0 spiro atoms. The van der Waals surface area contributed by atoms with Crippen LogP contribution in [0.5, 0.6) is 0 Å². The molecular weight excluding hydrogens is 270 g/mol. The Balaban J connectivity index is 2.02. The summed E-state index contributed by atoms with van der Waals surface area (Å²) in [5.41, 5.74) is -0.0661. The van der Waals surface area contributed by atoms with E-state index in [4.69, 9.17) is 0 Å². The van der Waals surface area contributed by atoms with Crippen molar-refractivity contribution >= 4 is 18.0 Å². The number of rotatable bonds is 4. The Hall–Kier alpha value is -2.11. The maximum Gasteiger partial charge on any atom is 0.311 e. The monoisotopic (exact) mass is 291 g/mol. The summed E-state index contributed by atoms with van der Waals surface area (Å²) in [6.45, 7) is 1.71. The molecular formula is C15H21N3O3. The molecule has 1 heterocycles. The van der Waals surface area contributed by atoms with Crippen molar-refractivity contribution in [3.05, 3.63) is 24.0 Å². The molecule has 114 valence electrons. The number of carboxylic acid groups (broad SMARTS) is 1. The summed E-state index contributed by atoms with van der Waals surface area (Å²) in [6, 6.07) is 1.47. The van der Waals surface area contributed by atoms with Crippen LogP contribution < -0.4 is 5.32 Å². The highest BCUT2D eigenvalue weighted by Gasteiger charge is 2.43. The van der Waals surface area contributed by atoms with Crippen molar-refractivity contribution in [1.29, 1.82) is 0 Å². The number of nitrogens with one attached hydrogen (secondary N) is 1. The first-order chi connectivity index (χ1) is 9.93. The fourth-order valence-electron chi connectivity index (χ4n) is 2.75. The molecule has 2 rings (SSSR count). The maximum absolute atomic E-state index is 12.0. The molecule has 0 radical (unpaired) electrons. The predicted molar refractivity (Wildman–Crippen MR) is 78.4 cm³/mol. The van der Waals surface area contributed by atoms with E-state index in [9.17, 15) is 14.7 Å². The Bertz CT molecular complexity index is 564. The summed E-state index contributed by atoms with van der Waals surface area (Å²) in [6.07, 6.45) is 7.88. The Kier molecular flexibility index (Phi) is 4.45. The summed E-state index contributed by atoms with van der Waals surface area (Å²) < 4.78 is 1.66. The lowest BCUT2D eigenvalue weighted by atomic mass is 9.71. The number of aryl methyl sites for hydroxylation is 1. The molecule has 1 aromatic rings. The number of carbonyl (C=O) groups is 2. The fourth-order valence-corrected chi connectivity index (χ4v) is 2.75. The minimum absolute atomic E-state index is 0.268. The molecule has 1 fully saturated rings. The number of hydrogen-bond acceptors (Lipinski definition) is 3. The molecule has 1 amide bonds. The number of nitrogens with zero attached hydrogens (tertiary/aromatic N) is 2. The molecule has 6 nitrogen and oxygen atoms in total. The van der Waals surface area contributed by atoms with E-state index in [2.05, 4.69) is 10.4 Å². The summed E-state index contributed by atoms with van der Waals surface area (Å²) in [5, 5.41) is 16.3. The third kappa shape index (κ3) is 3.32. The van der Waals surface area contributed by atoms with Crippen LogP contribution in [0.3, 0.4) is 0 Å². The van der Waals surface area contributed by atoms with Gasteiger partial charge in [-0.1, -0.05) is 12.8 Å². The SMILES string of the molecule is Cn1nccc1/C=C/C(=O)NC1CCCCC1(C)C(=O)O. The average Bonchev–Trinajstić information content (AvgIpc) is 2.84. The van der Waals surface area contributed by atoms with Gasteiger partial charge in [0.15, 0.2) is 0 Å². The van der Waals surface area contributed by atoms with Crippen molar-refractivity contribution < 1.29 is 14.7 Å². The first kappa shape index (κ1) is 15.3. The molecule has 1 saturated carbocycles. The quantitative estimate of drug-likeness (QED) is 0.825. The van der Waals surface area contributed by atoms with E-state index in [1.165, 1.54) is 6.08 Å². The smallest absolute Gasteiger partial charge is 0.311 e. The summed E-state index contributed by atoms with van der Waals surface area (Å²) >= 11 is 0. The highest BCUT2D eigenvalue weighted by molar-refractivity contribution is 5.92. The number of carbonyl (C=O) groups excluding carboxylic acids is 1. The van der Waals surface area contributed by atoms with Gasteiger partial charge in [-0.25, -0.2) is 0 Å². The lowest BCUT2D eigenvalue weighted by Crippen LogP contribution is -2.51. The summed E-state index contributed by atoms with van der Waals surface area (Å²) in [5.74, 6) is -1.11. The van der Waals surface area contributed by atoms with E-state index in [0.717, 1.165) is 18.5 Å². The fraction of sp³-hybridized carbons (Fsp3) is 0.533. The molecule has 6 heteroatoms. The molecule has 2 unspecified atom stereocenters. The Labute approximate surface area is 123 Å². The second-order valence-electron chi connectivity index (χ2n) is 5.74. The van der Waals surface area contributed by atoms with Gasteiger partial charge in [0.25, 0.3) is 0 Å². The standard InChI is InChI=1S/C15H21N3O3/c1-15(14(20)21)9-4-3-5-12(15)17-13(19)7-6-11-8-10-16-18(11)2/h6-8,10,12H,3-5,9H2,1-2H3,(H,17,19)(H,20,21)/b7-6+. The Morgan fingerprint density at radius 1 is 1.52 bits per heavy atom. The summed E-state index contributed by atoms with van der Waals surface area (Å²) in [7, 11) is 1.79. The lowest BCUT2D eigenvalue weighted by molar-refractivity contribution is -0.151. The first-order valence-corrected chi connectivity index (χ1v) is 7.13. The zero-order chi connectivity index (χ0) is 15.5. The topological polar surface area (TPSA) is 84.2 Å². The summed E-state index contributed by atoms with van der Waals surface area (Å²) in [4.78, 5) is 23.5. The van der Waals surface area contributed by atoms with Crippen LogP contribution in [0.15, 0.2) is 18.3 Å². The molecule has 1 aromatic heterocycles. The largest absolute Gasteiger partial charge is 0.481 e. The second kappa shape index (κ2) is 6.11. The Morgan fingerprint density at radius 3 is 2.90 bits per heavy atom. The molecule has 21 heavy (non-hydrogen) atoms. The third-order valence-corrected chi connectivity index (χ3v) is 4.28. The van der Waals surface area contributed by atoms with Crippen LogP contribution in [-0.2, 0) is 16.6 Å². The van der Waals surface area contributed by atoms with Gasteiger partial charge in [0.1, 0.15) is 0 Å². The molecule has 0 saturated heterocycles. The van der Waals surface area contributed by atoms with Crippen molar-refractivity contribution in [2.24, 2.45) is 12.5 Å². The van der Waals surface area contributed by atoms with E-state index in [0.29, 0.717) is 12.8 Å². The number of amides is 1. The number of aromatic nitrogens is 2. The Morgan fingerprint density at radius 2 is 2.29 bits per heavy atom. The van der Waals surface area contributed by atoms with Crippen molar-refractivity contribution in [2.45, 2.75) is 38.6 Å². The van der Waals surface area contributed by atoms with Crippen molar-refractivity contribution in [1.82, 2.24) is 15.1 Å². The van der Waals surface area contributed by atoms with Gasteiger partial charge in [0.2, 0.25) is 5.91 Å². The highest BCUT2D eigenvalue weighted by atomic mass is 16.4. The van der Waals surface area contributed by atoms with Crippen LogP contribution in [0, 0.1) is 5.41 Å². The van der Waals surface area contributed by atoms with Crippen LogP contribution in [0.4, 0.5) is 0 Å². The van der Waals surface area contributed by atoms with Crippen LogP contribution in [-0.4, -0.2) is 32.8 Å².